The Hall–Kier alpha value is -1.62. The summed E-state index contributed by atoms with van der Waals surface area (Å²) in [6, 6.07) is 3.75. The second-order valence-corrected chi connectivity index (χ2v) is 4.65. The number of hydrogen-bond donors (Lipinski definition) is 0. The lowest BCUT2D eigenvalue weighted by atomic mass is 10.2. The van der Waals surface area contributed by atoms with Crippen LogP contribution in [0, 0.1) is 0 Å². The summed E-state index contributed by atoms with van der Waals surface area (Å²) in [5, 5.41) is 0. The fourth-order valence-corrected chi connectivity index (χ4v) is 2.02. The standard InChI is InChI=1S/C15H25N3O2/c1-5-18(6-2)14-9-8-13(12-16-14)15(19)17(3)10-7-11-20-4/h8-9,12H,5-7,10-11H2,1-4H3. The van der Waals surface area contributed by atoms with Gasteiger partial charge < -0.3 is 14.5 Å². The molecule has 1 amide bonds. The molecule has 0 aliphatic carbocycles. The summed E-state index contributed by atoms with van der Waals surface area (Å²) in [6.07, 6.45) is 2.49. The average molecular weight is 279 g/mol. The predicted molar refractivity (Wildman–Crippen MR) is 81.3 cm³/mol. The minimum Gasteiger partial charge on any atom is -0.385 e. The number of anilines is 1. The van der Waals surface area contributed by atoms with Gasteiger partial charge in [-0.05, 0) is 32.4 Å². The molecular formula is C15H25N3O2. The van der Waals surface area contributed by atoms with Gasteiger partial charge in [0.2, 0.25) is 0 Å². The fraction of sp³-hybridized carbons (Fsp3) is 0.600. The van der Waals surface area contributed by atoms with Crippen molar-refractivity contribution in [2.75, 3.05) is 45.3 Å². The number of amides is 1. The third-order valence-electron chi connectivity index (χ3n) is 3.27. The Bertz CT molecular complexity index is 402. The molecule has 0 atom stereocenters. The molecule has 0 N–H and O–H groups in total. The Kier molecular flexibility index (Phi) is 7.01. The number of methoxy groups -OCH3 is 1. The Morgan fingerprint density at radius 2 is 2.00 bits per heavy atom. The predicted octanol–water partition coefficient (Wildman–Crippen LogP) is 2.04. The molecule has 20 heavy (non-hydrogen) atoms. The van der Waals surface area contributed by atoms with Crippen LogP contribution in [0.25, 0.3) is 0 Å². The first-order valence-electron chi connectivity index (χ1n) is 7.09. The van der Waals surface area contributed by atoms with Crippen molar-refractivity contribution in [1.29, 1.82) is 0 Å². The van der Waals surface area contributed by atoms with E-state index in [-0.39, 0.29) is 5.91 Å². The lowest BCUT2D eigenvalue weighted by molar-refractivity contribution is 0.0779. The largest absolute Gasteiger partial charge is 0.385 e. The number of aromatic nitrogens is 1. The van der Waals surface area contributed by atoms with E-state index < -0.39 is 0 Å². The Morgan fingerprint density at radius 1 is 1.30 bits per heavy atom. The van der Waals surface area contributed by atoms with Crippen molar-refractivity contribution in [3.05, 3.63) is 23.9 Å². The molecule has 0 aliphatic heterocycles. The topological polar surface area (TPSA) is 45.7 Å². The van der Waals surface area contributed by atoms with Crippen molar-refractivity contribution < 1.29 is 9.53 Å². The van der Waals surface area contributed by atoms with Crippen LogP contribution in [-0.4, -0.2) is 56.2 Å². The SMILES string of the molecule is CCN(CC)c1ccc(C(=O)N(C)CCCOC)cn1. The van der Waals surface area contributed by atoms with E-state index in [2.05, 4.69) is 23.7 Å². The van der Waals surface area contributed by atoms with E-state index in [4.69, 9.17) is 4.74 Å². The van der Waals surface area contributed by atoms with E-state index in [1.165, 1.54) is 0 Å². The van der Waals surface area contributed by atoms with Crippen LogP contribution in [0.5, 0.6) is 0 Å². The quantitative estimate of drug-likeness (QED) is 0.683. The highest BCUT2D eigenvalue weighted by Gasteiger charge is 2.12. The maximum atomic E-state index is 12.2. The molecule has 0 saturated heterocycles. The van der Waals surface area contributed by atoms with Gasteiger partial charge in [-0.2, -0.15) is 0 Å². The van der Waals surface area contributed by atoms with E-state index in [1.54, 1.807) is 25.3 Å². The number of carbonyl (C=O) groups is 1. The van der Waals surface area contributed by atoms with Crippen molar-refractivity contribution in [2.24, 2.45) is 0 Å². The third-order valence-corrected chi connectivity index (χ3v) is 3.27. The zero-order valence-corrected chi connectivity index (χ0v) is 12.9. The molecular weight excluding hydrogens is 254 g/mol. The van der Waals surface area contributed by atoms with Gasteiger partial charge in [0.25, 0.3) is 5.91 Å². The lowest BCUT2D eigenvalue weighted by Gasteiger charge is -2.20. The van der Waals surface area contributed by atoms with Crippen molar-refractivity contribution in [3.8, 4) is 0 Å². The van der Waals surface area contributed by atoms with Gasteiger partial charge in [-0.25, -0.2) is 4.98 Å². The van der Waals surface area contributed by atoms with Gasteiger partial charge in [-0.1, -0.05) is 0 Å². The maximum Gasteiger partial charge on any atom is 0.255 e. The molecule has 1 aromatic rings. The van der Waals surface area contributed by atoms with Gasteiger partial charge in [-0.3, -0.25) is 4.79 Å². The lowest BCUT2D eigenvalue weighted by Crippen LogP contribution is -2.29. The molecule has 0 radical (unpaired) electrons. The monoisotopic (exact) mass is 279 g/mol. The van der Waals surface area contributed by atoms with Crippen LogP contribution in [0.2, 0.25) is 0 Å². The molecule has 1 aromatic heterocycles. The third kappa shape index (κ3) is 4.49. The van der Waals surface area contributed by atoms with Crippen molar-refractivity contribution in [2.45, 2.75) is 20.3 Å². The Morgan fingerprint density at radius 3 is 2.50 bits per heavy atom. The van der Waals surface area contributed by atoms with Crippen LogP contribution < -0.4 is 4.90 Å². The van der Waals surface area contributed by atoms with Gasteiger partial charge in [0, 0.05) is 46.6 Å². The van der Waals surface area contributed by atoms with Gasteiger partial charge in [-0.15, -0.1) is 0 Å². The highest BCUT2D eigenvalue weighted by Crippen LogP contribution is 2.12. The molecule has 0 saturated carbocycles. The van der Waals surface area contributed by atoms with E-state index in [0.29, 0.717) is 18.7 Å². The molecule has 5 heteroatoms. The summed E-state index contributed by atoms with van der Waals surface area (Å²) in [7, 11) is 3.47. The van der Waals surface area contributed by atoms with E-state index in [9.17, 15) is 4.79 Å². The zero-order valence-electron chi connectivity index (χ0n) is 12.9. The minimum absolute atomic E-state index is 0.000278. The second-order valence-electron chi connectivity index (χ2n) is 4.65. The highest BCUT2D eigenvalue weighted by molar-refractivity contribution is 5.93. The van der Waals surface area contributed by atoms with Crippen LogP contribution in [-0.2, 0) is 4.74 Å². The van der Waals surface area contributed by atoms with E-state index >= 15 is 0 Å². The van der Waals surface area contributed by atoms with Crippen molar-refractivity contribution in [3.63, 3.8) is 0 Å². The molecule has 5 nitrogen and oxygen atoms in total. The number of nitrogens with zero attached hydrogens (tertiary/aromatic N) is 3. The first-order valence-corrected chi connectivity index (χ1v) is 7.09. The summed E-state index contributed by atoms with van der Waals surface area (Å²) in [6.45, 7) is 7.35. The number of pyridine rings is 1. The molecule has 0 aliphatic rings. The van der Waals surface area contributed by atoms with Crippen LogP contribution in [0.4, 0.5) is 5.82 Å². The normalized spacial score (nSPS) is 10.4. The first-order chi connectivity index (χ1) is 9.63. The van der Waals surface area contributed by atoms with E-state index in [0.717, 1.165) is 25.3 Å². The molecule has 0 fully saturated rings. The fourth-order valence-electron chi connectivity index (χ4n) is 2.02. The van der Waals surface area contributed by atoms with Crippen LogP contribution in [0.15, 0.2) is 18.3 Å². The zero-order chi connectivity index (χ0) is 15.0. The Balaban J connectivity index is 2.65. The van der Waals surface area contributed by atoms with Crippen LogP contribution in [0.1, 0.15) is 30.6 Å². The summed E-state index contributed by atoms with van der Waals surface area (Å²) in [5.74, 6) is 0.910. The second kappa shape index (κ2) is 8.53. The first kappa shape index (κ1) is 16.4. The van der Waals surface area contributed by atoms with Gasteiger partial charge >= 0.3 is 0 Å². The molecule has 112 valence electrons. The van der Waals surface area contributed by atoms with Gasteiger partial charge in [0.15, 0.2) is 0 Å². The molecule has 0 unspecified atom stereocenters. The number of ether oxygens (including phenoxy) is 1. The van der Waals surface area contributed by atoms with Crippen molar-refractivity contribution >= 4 is 11.7 Å². The summed E-state index contributed by atoms with van der Waals surface area (Å²) in [5.41, 5.74) is 0.626. The smallest absolute Gasteiger partial charge is 0.255 e. The van der Waals surface area contributed by atoms with Crippen molar-refractivity contribution in [1.82, 2.24) is 9.88 Å². The van der Waals surface area contributed by atoms with Gasteiger partial charge in [0.05, 0.1) is 5.56 Å². The van der Waals surface area contributed by atoms with Crippen LogP contribution in [0.3, 0.4) is 0 Å². The summed E-state index contributed by atoms with van der Waals surface area (Å²) in [4.78, 5) is 20.4. The average Bonchev–Trinajstić information content (AvgIpc) is 2.48. The molecule has 0 bridgehead atoms. The summed E-state index contributed by atoms with van der Waals surface area (Å²) >= 11 is 0. The van der Waals surface area contributed by atoms with Crippen LogP contribution >= 0.6 is 0 Å². The van der Waals surface area contributed by atoms with E-state index in [1.807, 2.05) is 12.1 Å². The molecule has 0 spiro atoms. The number of hydrogen-bond acceptors (Lipinski definition) is 4. The number of rotatable bonds is 8. The molecule has 1 heterocycles. The molecule has 1 rings (SSSR count). The number of carbonyl (C=O) groups excluding carboxylic acids is 1. The maximum absolute atomic E-state index is 12.2. The molecule has 0 aromatic carbocycles. The highest BCUT2D eigenvalue weighted by atomic mass is 16.5. The minimum atomic E-state index is -0.000278. The van der Waals surface area contributed by atoms with Gasteiger partial charge in [0.1, 0.15) is 5.82 Å². The summed E-state index contributed by atoms with van der Waals surface area (Å²) < 4.78 is 4.99. The Labute approximate surface area is 121 Å².